The number of halogens is 3. The van der Waals surface area contributed by atoms with Crippen LogP contribution in [0.25, 0.3) is 0 Å². The Morgan fingerprint density at radius 3 is 2.42 bits per heavy atom. The van der Waals surface area contributed by atoms with Crippen molar-refractivity contribution in [1.82, 2.24) is 9.97 Å². The van der Waals surface area contributed by atoms with Crippen LogP contribution in [0.15, 0.2) is 30.3 Å². The van der Waals surface area contributed by atoms with E-state index < -0.39 is 18.1 Å². The molecule has 2 amide bonds. The van der Waals surface area contributed by atoms with Crippen LogP contribution in [-0.2, 0) is 0 Å². The number of carbonyl (C=O) groups excluding carboxylic acids is 1. The van der Waals surface area contributed by atoms with Crippen LogP contribution in [0.3, 0.4) is 0 Å². The maximum atomic E-state index is 12.0. The number of nitrogens with one attached hydrogen (secondary N) is 3. The Hall–Kier alpha value is -3.08. The minimum atomic E-state index is -4.78. The average molecular weight is 343 g/mol. The standard InChI is InChI=1S/C13H12F3N5O3/c1-7-6-10(21-23)19-11(17-7)20-12(22)18-8-2-4-9(5-3-8)24-13(14,15)16/h2-6,23H,1H3,(H3,17,18,19,20,21,22). The van der Waals surface area contributed by atoms with Gasteiger partial charge in [-0.15, -0.1) is 13.2 Å². The fourth-order valence-corrected chi connectivity index (χ4v) is 1.69. The second-order valence-electron chi connectivity index (χ2n) is 4.48. The van der Waals surface area contributed by atoms with Crippen LogP contribution in [0.2, 0.25) is 0 Å². The molecule has 2 aromatic rings. The first-order valence-electron chi connectivity index (χ1n) is 6.45. The van der Waals surface area contributed by atoms with Crippen molar-refractivity contribution >= 4 is 23.5 Å². The average Bonchev–Trinajstić information content (AvgIpc) is 2.47. The Labute approximate surface area is 133 Å². The van der Waals surface area contributed by atoms with Crippen molar-refractivity contribution in [2.75, 3.05) is 16.1 Å². The number of nitrogens with zero attached hydrogens (tertiary/aromatic N) is 2. The van der Waals surface area contributed by atoms with Crippen LogP contribution in [0, 0.1) is 6.92 Å². The highest BCUT2D eigenvalue weighted by molar-refractivity contribution is 5.98. The van der Waals surface area contributed by atoms with E-state index in [4.69, 9.17) is 5.21 Å². The molecular formula is C13H12F3N5O3. The van der Waals surface area contributed by atoms with Crippen LogP contribution in [0.1, 0.15) is 5.69 Å². The van der Waals surface area contributed by atoms with Gasteiger partial charge in [0.1, 0.15) is 5.75 Å². The summed E-state index contributed by atoms with van der Waals surface area (Å²) in [7, 11) is 0. The summed E-state index contributed by atoms with van der Waals surface area (Å²) < 4.78 is 39.9. The third-order valence-corrected chi connectivity index (χ3v) is 2.54. The van der Waals surface area contributed by atoms with E-state index in [0.717, 1.165) is 12.1 Å². The van der Waals surface area contributed by atoms with Crippen molar-refractivity contribution in [3.8, 4) is 5.75 Å². The zero-order chi connectivity index (χ0) is 17.7. The number of hydrogen-bond donors (Lipinski definition) is 4. The molecule has 0 saturated carbocycles. The van der Waals surface area contributed by atoms with E-state index in [0.29, 0.717) is 5.69 Å². The minimum absolute atomic E-state index is 0.0684. The second kappa shape index (κ2) is 7.00. The van der Waals surface area contributed by atoms with Gasteiger partial charge in [-0.25, -0.2) is 9.78 Å². The minimum Gasteiger partial charge on any atom is -0.406 e. The Kier molecular flexibility index (Phi) is 5.04. The molecule has 0 saturated heterocycles. The maximum Gasteiger partial charge on any atom is 0.573 e. The van der Waals surface area contributed by atoms with Crippen molar-refractivity contribution < 1.29 is 27.9 Å². The Morgan fingerprint density at radius 2 is 1.83 bits per heavy atom. The zero-order valence-electron chi connectivity index (χ0n) is 12.2. The number of ether oxygens (including phenoxy) is 1. The molecule has 0 unspecified atom stereocenters. The number of anilines is 3. The zero-order valence-corrected chi connectivity index (χ0v) is 12.2. The summed E-state index contributed by atoms with van der Waals surface area (Å²) in [6, 6.07) is 5.31. The molecule has 4 N–H and O–H groups in total. The highest BCUT2D eigenvalue weighted by Gasteiger charge is 2.30. The van der Waals surface area contributed by atoms with E-state index in [9.17, 15) is 18.0 Å². The molecule has 24 heavy (non-hydrogen) atoms. The predicted octanol–water partition coefficient (Wildman–Crippen LogP) is 3.13. The molecule has 2 rings (SSSR count). The summed E-state index contributed by atoms with van der Waals surface area (Å²) in [4.78, 5) is 19.5. The number of amides is 2. The van der Waals surface area contributed by atoms with Crippen LogP contribution < -0.4 is 20.9 Å². The summed E-state index contributed by atoms with van der Waals surface area (Å²) in [6.07, 6.45) is -4.78. The molecule has 0 radical (unpaired) electrons. The number of urea groups is 1. The largest absolute Gasteiger partial charge is 0.573 e. The van der Waals surface area contributed by atoms with Gasteiger partial charge in [0.25, 0.3) is 0 Å². The van der Waals surface area contributed by atoms with Crippen LogP contribution in [-0.4, -0.2) is 27.6 Å². The molecule has 1 aromatic heterocycles. The third-order valence-electron chi connectivity index (χ3n) is 2.54. The van der Waals surface area contributed by atoms with Crippen molar-refractivity contribution in [1.29, 1.82) is 0 Å². The van der Waals surface area contributed by atoms with Gasteiger partial charge in [-0.2, -0.15) is 4.98 Å². The number of alkyl halides is 3. The molecule has 1 heterocycles. The molecule has 1 aromatic carbocycles. The number of rotatable bonds is 4. The number of aryl methyl sites for hydroxylation is 1. The van der Waals surface area contributed by atoms with Gasteiger partial charge in [0, 0.05) is 17.4 Å². The highest BCUT2D eigenvalue weighted by atomic mass is 19.4. The van der Waals surface area contributed by atoms with E-state index in [1.807, 2.05) is 5.48 Å². The van der Waals surface area contributed by atoms with Crippen molar-refractivity contribution in [2.45, 2.75) is 13.3 Å². The van der Waals surface area contributed by atoms with Gasteiger partial charge >= 0.3 is 12.4 Å². The lowest BCUT2D eigenvalue weighted by molar-refractivity contribution is -0.274. The third kappa shape index (κ3) is 5.28. The fraction of sp³-hybridized carbons (Fsp3) is 0.154. The van der Waals surface area contributed by atoms with Crippen molar-refractivity contribution in [3.63, 3.8) is 0 Å². The maximum absolute atomic E-state index is 12.0. The monoisotopic (exact) mass is 343 g/mol. The second-order valence-corrected chi connectivity index (χ2v) is 4.48. The quantitative estimate of drug-likeness (QED) is 0.635. The summed E-state index contributed by atoms with van der Waals surface area (Å²) in [5, 5.41) is 13.5. The first kappa shape index (κ1) is 17.3. The highest BCUT2D eigenvalue weighted by Crippen LogP contribution is 2.24. The van der Waals surface area contributed by atoms with Gasteiger partial charge in [-0.1, -0.05) is 0 Å². The number of carbonyl (C=O) groups is 1. The van der Waals surface area contributed by atoms with Crippen LogP contribution in [0.4, 0.5) is 35.4 Å². The number of aromatic nitrogens is 2. The number of hydrogen-bond acceptors (Lipinski definition) is 6. The van der Waals surface area contributed by atoms with E-state index in [-0.39, 0.29) is 17.5 Å². The molecule has 0 spiro atoms. The molecule has 0 bridgehead atoms. The van der Waals surface area contributed by atoms with Gasteiger partial charge in [0.2, 0.25) is 5.95 Å². The van der Waals surface area contributed by atoms with Gasteiger partial charge in [0.05, 0.1) is 0 Å². The molecule has 0 aliphatic rings. The lowest BCUT2D eigenvalue weighted by atomic mass is 10.3. The van der Waals surface area contributed by atoms with E-state index >= 15 is 0 Å². The smallest absolute Gasteiger partial charge is 0.406 e. The number of benzene rings is 1. The lowest BCUT2D eigenvalue weighted by Gasteiger charge is -2.10. The first-order chi connectivity index (χ1) is 11.2. The van der Waals surface area contributed by atoms with Gasteiger partial charge in [-0.05, 0) is 31.2 Å². The molecule has 0 aliphatic heterocycles. The Bertz CT molecular complexity index is 722. The molecule has 0 atom stereocenters. The summed E-state index contributed by atoms with van der Waals surface area (Å²) >= 11 is 0. The SMILES string of the molecule is Cc1cc(NO)nc(NC(=O)Nc2ccc(OC(F)(F)F)cc2)n1. The molecular weight excluding hydrogens is 331 g/mol. The lowest BCUT2D eigenvalue weighted by Crippen LogP contribution is -2.21. The topological polar surface area (TPSA) is 108 Å². The van der Waals surface area contributed by atoms with Gasteiger partial charge in [-0.3, -0.25) is 16.0 Å². The summed E-state index contributed by atoms with van der Waals surface area (Å²) in [6.45, 7) is 1.63. The van der Waals surface area contributed by atoms with Crippen molar-refractivity contribution in [3.05, 3.63) is 36.0 Å². The van der Waals surface area contributed by atoms with Crippen LogP contribution >= 0.6 is 0 Å². The molecule has 0 aliphatic carbocycles. The first-order valence-corrected chi connectivity index (χ1v) is 6.45. The van der Waals surface area contributed by atoms with E-state index in [1.54, 1.807) is 6.92 Å². The van der Waals surface area contributed by atoms with E-state index in [2.05, 4.69) is 25.3 Å². The Balaban J connectivity index is 1.98. The summed E-state index contributed by atoms with van der Waals surface area (Å²) in [5.74, 6) is -0.387. The molecule has 128 valence electrons. The Morgan fingerprint density at radius 1 is 1.17 bits per heavy atom. The fourth-order valence-electron chi connectivity index (χ4n) is 1.69. The normalized spacial score (nSPS) is 10.9. The molecule has 11 heteroatoms. The predicted molar refractivity (Wildman–Crippen MR) is 77.9 cm³/mol. The summed E-state index contributed by atoms with van der Waals surface area (Å²) in [5.41, 5.74) is 2.55. The van der Waals surface area contributed by atoms with Gasteiger partial charge in [0.15, 0.2) is 5.82 Å². The van der Waals surface area contributed by atoms with Crippen molar-refractivity contribution in [2.24, 2.45) is 0 Å². The van der Waals surface area contributed by atoms with Crippen LogP contribution in [0.5, 0.6) is 5.75 Å². The van der Waals surface area contributed by atoms with Gasteiger partial charge < -0.3 is 10.1 Å². The molecule has 0 fully saturated rings. The molecule has 8 nitrogen and oxygen atoms in total. The van der Waals surface area contributed by atoms with E-state index in [1.165, 1.54) is 18.2 Å².